The van der Waals surface area contributed by atoms with Gasteiger partial charge in [0.05, 0.1) is 18.8 Å². The lowest BCUT2D eigenvalue weighted by Crippen LogP contribution is -2.48. The van der Waals surface area contributed by atoms with E-state index in [0.29, 0.717) is 13.1 Å². The Morgan fingerprint density at radius 3 is 2.94 bits per heavy atom. The minimum atomic E-state index is -0.141. The molecule has 2 atom stereocenters. The highest BCUT2D eigenvalue weighted by Crippen LogP contribution is 2.20. The monoisotopic (exact) mass is 251 g/mol. The number of aliphatic hydroxyl groups excluding tert-OH is 1. The van der Waals surface area contributed by atoms with E-state index in [2.05, 4.69) is 9.88 Å². The van der Waals surface area contributed by atoms with Gasteiger partial charge in [-0.05, 0) is 31.5 Å². The van der Waals surface area contributed by atoms with Gasteiger partial charge in [-0.25, -0.2) is 4.98 Å². The molecule has 1 aromatic heterocycles. The average molecular weight is 251 g/mol. The molecule has 100 valence electrons. The first-order valence-corrected chi connectivity index (χ1v) is 6.31. The lowest BCUT2D eigenvalue weighted by molar-refractivity contribution is -0.0423. The number of hydrogen-bond donors (Lipinski definition) is 2. The lowest BCUT2D eigenvalue weighted by atomic mass is 10.2. The standard InChI is InChI=1S/C13H21N3O2/c1-9-3-11(5-14)4-13(15-9)16-6-10(2)18-12(7-16)8-17/h3-4,10,12,17H,5-8,14H2,1-2H3. The first kappa shape index (κ1) is 13.3. The van der Waals surface area contributed by atoms with Gasteiger partial charge in [0.1, 0.15) is 5.82 Å². The molecule has 3 N–H and O–H groups in total. The molecular formula is C13H21N3O2. The second-order valence-corrected chi connectivity index (χ2v) is 4.84. The van der Waals surface area contributed by atoms with Gasteiger partial charge in [0.15, 0.2) is 0 Å². The van der Waals surface area contributed by atoms with E-state index in [0.717, 1.165) is 23.6 Å². The predicted octanol–water partition coefficient (Wildman–Crippen LogP) is 0.435. The number of anilines is 1. The quantitative estimate of drug-likeness (QED) is 0.815. The van der Waals surface area contributed by atoms with Crippen molar-refractivity contribution in [1.29, 1.82) is 0 Å². The molecule has 0 saturated carbocycles. The molecule has 2 unspecified atom stereocenters. The van der Waals surface area contributed by atoms with E-state index in [-0.39, 0.29) is 18.8 Å². The van der Waals surface area contributed by atoms with Crippen molar-refractivity contribution in [3.05, 3.63) is 23.4 Å². The first-order valence-electron chi connectivity index (χ1n) is 6.31. The van der Waals surface area contributed by atoms with Crippen molar-refractivity contribution in [2.45, 2.75) is 32.6 Å². The highest BCUT2D eigenvalue weighted by molar-refractivity contribution is 5.43. The number of morpholine rings is 1. The Balaban J connectivity index is 2.21. The van der Waals surface area contributed by atoms with Crippen LogP contribution in [0.15, 0.2) is 12.1 Å². The summed E-state index contributed by atoms with van der Waals surface area (Å²) in [4.78, 5) is 6.70. The van der Waals surface area contributed by atoms with Gasteiger partial charge in [-0.3, -0.25) is 0 Å². The topological polar surface area (TPSA) is 71.6 Å². The molecule has 1 aliphatic rings. The molecule has 0 bridgehead atoms. The van der Waals surface area contributed by atoms with Crippen molar-refractivity contribution in [2.24, 2.45) is 5.73 Å². The first-order chi connectivity index (χ1) is 8.62. The largest absolute Gasteiger partial charge is 0.394 e. The van der Waals surface area contributed by atoms with Gasteiger partial charge >= 0.3 is 0 Å². The smallest absolute Gasteiger partial charge is 0.129 e. The van der Waals surface area contributed by atoms with E-state index in [1.165, 1.54) is 0 Å². The second kappa shape index (κ2) is 5.65. The highest BCUT2D eigenvalue weighted by Gasteiger charge is 2.25. The zero-order valence-electron chi connectivity index (χ0n) is 11.0. The molecule has 0 aliphatic carbocycles. The maximum Gasteiger partial charge on any atom is 0.129 e. The van der Waals surface area contributed by atoms with Crippen molar-refractivity contribution in [3.63, 3.8) is 0 Å². The second-order valence-electron chi connectivity index (χ2n) is 4.84. The van der Waals surface area contributed by atoms with Crippen molar-refractivity contribution in [1.82, 2.24) is 4.98 Å². The van der Waals surface area contributed by atoms with Crippen LogP contribution >= 0.6 is 0 Å². The lowest BCUT2D eigenvalue weighted by Gasteiger charge is -2.37. The summed E-state index contributed by atoms with van der Waals surface area (Å²) in [5.41, 5.74) is 7.73. The zero-order valence-corrected chi connectivity index (χ0v) is 11.0. The molecule has 1 saturated heterocycles. The third kappa shape index (κ3) is 2.98. The molecule has 0 aromatic carbocycles. The maximum atomic E-state index is 9.24. The van der Waals surface area contributed by atoms with Crippen LogP contribution in [0.2, 0.25) is 0 Å². The van der Waals surface area contributed by atoms with E-state index in [1.54, 1.807) is 0 Å². The van der Waals surface area contributed by atoms with Crippen LogP contribution in [0.25, 0.3) is 0 Å². The summed E-state index contributed by atoms with van der Waals surface area (Å²) in [5.74, 6) is 0.920. The minimum Gasteiger partial charge on any atom is -0.394 e. The molecule has 5 heteroatoms. The van der Waals surface area contributed by atoms with Crippen molar-refractivity contribution < 1.29 is 9.84 Å². The number of ether oxygens (including phenoxy) is 1. The van der Waals surface area contributed by atoms with Crippen LogP contribution in [0.5, 0.6) is 0 Å². The number of pyridine rings is 1. The summed E-state index contributed by atoms with van der Waals surface area (Å²) in [6.07, 6.45) is -0.0445. The van der Waals surface area contributed by atoms with Crippen molar-refractivity contribution in [3.8, 4) is 0 Å². The number of aliphatic hydroxyl groups is 1. The van der Waals surface area contributed by atoms with Gasteiger partial charge in [-0.2, -0.15) is 0 Å². The summed E-state index contributed by atoms with van der Waals surface area (Å²) < 4.78 is 5.63. The molecule has 18 heavy (non-hydrogen) atoms. The molecule has 1 aliphatic heterocycles. The summed E-state index contributed by atoms with van der Waals surface area (Å²) in [7, 11) is 0. The molecule has 0 amide bonds. The van der Waals surface area contributed by atoms with Crippen LogP contribution in [0.3, 0.4) is 0 Å². The van der Waals surface area contributed by atoms with Gasteiger partial charge in [-0.15, -0.1) is 0 Å². The molecule has 1 fully saturated rings. The van der Waals surface area contributed by atoms with Crippen LogP contribution < -0.4 is 10.6 Å². The van der Waals surface area contributed by atoms with E-state index >= 15 is 0 Å². The molecular weight excluding hydrogens is 230 g/mol. The normalized spacial score (nSPS) is 24.3. The van der Waals surface area contributed by atoms with Gasteiger partial charge < -0.3 is 20.5 Å². The Labute approximate surface area is 108 Å². The molecule has 1 aromatic rings. The van der Waals surface area contributed by atoms with E-state index in [4.69, 9.17) is 10.5 Å². The number of aromatic nitrogens is 1. The number of rotatable bonds is 3. The molecule has 2 heterocycles. The Kier molecular flexibility index (Phi) is 4.16. The van der Waals surface area contributed by atoms with Crippen molar-refractivity contribution >= 4 is 5.82 Å². The third-order valence-electron chi connectivity index (χ3n) is 3.09. The van der Waals surface area contributed by atoms with Gasteiger partial charge in [0, 0.05) is 25.3 Å². The summed E-state index contributed by atoms with van der Waals surface area (Å²) in [5, 5.41) is 9.24. The Morgan fingerprint density at radius 2 is 2.28 bits per heavy atom. The summed E-state index contributed by atoms with van der Waals surface area (Å²) in [6.45, 7) is 5.98. The van der Waals surface area contributed by atoms with Gasteiger partial charge in [-0.1, -0.05) is 0 Å². The SMILES string of the molecule is Cc1cc(CN)cc(N2CC(C)OC(CO)C2)n1. The fourth-order valence-electron chi connectivity index (χ4n) is 2.33. The zero-order chi connectivity index (χ0) is 13.1. The fourth-order valence-corrected chi connectivity index (χ4v) is 2.33. The van der Waals surface area contributed by atoms with E-state index in [1.807, 2.05) is 26.0 Å². The van der Waals surface area contributed by atoms with Crippen molar-refractivity contribution in [2.75, 3.05) is 24.6 Å². The number of nitrogens with two attached hydrogens (primary N) is 1. The Bertz CT molecular complexity index is 411. The Morgan fingerprint density at radius 1 is 1.50 bits per heavy atom. The summed E-state index contributed by atoms with van der Waals surface area (Å²) >= 11 is 0. The minimum absolute atomic E-state index is 0.0381. The fraction of sp³-hybridized carbons (Fsp3) is 0.615. The molecule has 0 spiro atoms. The van der Waals surface area contributed by atoms with Crippen LogP contribution in [-0.2, 0) is 11.3 Å². The summed E-state index contributed by atoms with van der Waals surface area (Å²) in [6, 6.07) is 4.01. The van der Waals surface area contributed by atoms with E-state index < -0.39 is 0 Å². The molecule has 2 rings (SSSR count). The molecule has 0 radical (unpaired) electrons. The van der Waals surface area contributed by atoms with Crippen LogP contribution in [-0.4, -0.2) is 42.0 Å². The van der Waals surface area contributed by atoms with E-state index in [9.17, 15) is 5.11 Å². The molecule has 5 nitrogen and oxygen atoms in total. The maximum absolute atomic E-state index is 9.24. The van der Waals surface area contributed by atoms with Gasteiger partial charge in [0.25, 0.3) is 0 Å². The number of hydrogen-bond acceptors (Lipinski definition) is 5. The third-order valence-corrected chi connectivity index (χ3v) is 3.09. The number of aryl methyl sites for hydroxylation is 1. The predicted molar refractivity (Wildman–Crippen MR) is 70.5 cm³/mol. The highest BCUT2D eigenvalue weighted by atomic mass is 16.5. The van der Waals surface area contributed by atoms with Crippen LogP contribution in [0, 0.1) is 6.92 Å². The average Bonchev–Trinajstić information content (AvgIpc) is 2.37. The Hall–Kier alpha value is -1.17. The van der Waals surface area contributed by atoms with Crippen LogP contribution in [0.1, 0.15) is 18.2 Å². The van der Waals surface area contributed by atoms with Crippen LogP contribution in [0.4, 0.5) is 5.82 Å². The number of nitrogens with zero attached hydrogens (tertiary/aromatic N) is 2. The van der Waals surface area contributed by atoms with Gasteiger partial charge in [0.2, 0.25) is 0 Å².